The van der Waals surface area contributed by atoms with Crippen LogP contribution in [0, 0.1) is 16.0 Å². The second kappa shape index (κ2) is 13.5. The zero-order valence-corrected chi connectivity index (χ0v) is 22.4. The van der Waals surface area contributed by atoms with Gasteiger partial charge in [0.25, 0.3) is 11.6 Å². The zero-order chi connectivity index (χ0) is 27.8. The summed E-state index contributed by atoms with van der Waals surface area (Å²) in [6, 6.07) is 13.3. The monoisotopic (exact) mass is 534 g/mol. The van der Waals surface area contributed by atoms with Gasteiger partial charge in [-0.3, -0.25) is 19.7 Å². The topological polar surface area (TPSA) is 116 Å². The average Bonchev–Trinajstić information content (AvgIpc) is 3.20. The van der Waals surface area contributed by atoms with Crippen molar-refractivity contribution in [1.82, 2.24) is 5.01 Å². The van der Waals surface area contributed by atoms with E-state index in [1.54, 1.807) is 53.6 Å². The number of fused-ring (bicyclic) bond motifs is 1. The van der Waals surface area contributed by atoms with Gasteiger partial charge in [0.1, 0.15) is 6.04 Å². The Morgan fingerprint density at radius 2 is 1.54 bits per heavy atom. The van der Waals surface area contributed by atoms with Crippen LogP contribution in [0.5, 0.6) is 0 Å². The fraction of sp³-hybridized carbons (Fsp3) is 0.467. The standard InChI is InChI=1S/C30H38N4O5/c1-2-3-4-5-6-7-8-12-15-27(35)26-21-20-25-28(30(37)32(29(25)36)23-13-10-9-11-14-23)33(26)31-22-16-18-24(19-17-22)34(38)39/h9-11,13-14,16-21,25-28,31,35H,2-8,12,15H2,1H3/t25-,26-,27-,28?/m1/s1. The maximum atomic E-state index is 13.7. The molecule has 9 nitrogen and oxygen atoms in total. The van der Waals surface area contributed by atoms with Gasteiger partial charge in [0.2, 0.25) is 5.91 Å². The van der Waals surface area contributed by atoms with Crippen molar-refractivity contribution in [1.29, 1.82) is 0 Å². The van der Waals surface area contributed by atoms with Crippen LogP contribution in [0.1, 0.15) is 64.7 Å². The molecule has 2 aromatic carbocycles. The highest BCUT2D eigenvalue weighted by Gasteiger charge is 2.54. The number of aliphatic hydroxyl groups is 1. The lowest BCUT2D eigenvalue weighted by Gasteiger charge is -2.40. The molecule has 0 bridgehead atoms. The Labute approximate surface area is 229 Å². The predicted octanol–water partition coefficient (Wildman–Crippen LogP) is 5.61. The Hall–Kier alpha value is -3.56. The van der Waals surface area contributed by atoms with Crippen molar-refractivity contribution in [3.8, 4) is 0 Å². The number of para-hydroxylation sites is 1. The second-order valence-corrected chi connectivity index (χ2v) is 10.3. The third kappa shape index (κ3) is 6.72. The average molecular weight is 535 g/mol. The van der Waals surface area contributed by atoms with Gasteiger partial charge in [-0.1, -0.05) is 88.6 Å². The van der Waals surface area contributed by atoms with Crippen molar-refractivity contribution in [2.45, 2.75) is 82.9 Å². The van der Waals surface area contributed by atoms with Crippen LogP contribution >= 0.6 is 0 Å². The number of aliphatic hydroxyl groups excluding tert-OH is 1. The fourth-order valence-electron chi connectivity index (χ4n) is 5.42. The molecule has 0 aromatic heterocycles. The molecular weight excluding hydrogens is 496 g/mol. The molecule has 2 aliphatic rings. The molecule has 0 aliphatic carbocycles. The van der Waals surface area contributed by atoms with Crippen molar-refractivity contribution >= 4 is 28.9 Å². The smallest absolute Gasteiger partial charge is 0.269 e. The van der Waals surface area contributed by atoms with Gasteiger partial charge in [0.05, 0.1) is 28.7 Å². The van der Waals surface area contributed by atoms with E-state index in [2.05, 4.69) is 12.3 Å². The Bertz CT molecular complexity index is 1150. The van der Waals surface area contributed by atoms with Gasteiger partial charge in [-0.25, -0.2) is 9.91 Å². The van der Waals surface area contributed by atoms with Crippen LogP contribution in [-0.4, -0.2) is 45.0 Å². The molecule has 9 heteroatoms. The van der Waals surface area contributed by atoms with Crippen LogP contribution in [0.4, 0.5) is 17.1 Å². The summed E-state index contributed by atoms with van der Waals surface area (Å²) in [5.74, 6) is -1.41. The number of carbonyl (C=O) groups is 2. The van der Waals surface area contributed by atoms with E-state index in [0.717, 1.165) is 19.3 Å². The maximum Gasteiger partial charge on any atom is 0.269 e. The van der Waals surface area contributed by atoms with E-state index >= 15 is 0 Å². The number of unbranched alkanes of at least 4 members (excludes halogenated alkanes) is 7. The van der Waals surface area contributed by atoms with E-state index in [1.807, 2.05) is 6.07 Å². The fourth-order valence-corrected chi connectivity index (χ4v) is 5.42. The maximum absolute atomic E-state index is 13.7. The Kier molecular flexibility index (Phi) is 9.84. The number of carbonyl (C=O) groups excluding carboxylic acids is 2. The minimum atomic E-state index is -0.865. The Balaban J connectivity index is 1.50. The van der Waals surface area contributed by atoms with Crippen molar-refractivity contribution in [3.63, 3.8) is 0 Å². The SMILES string of the molecule is CCCCCCCCCC[C@@H](O)[C@H]1C=C[C@H]2C(=O)N(c3ccccc3)C(=O)C2N1Nc1ccc([N+](=O)[O-])cc1. The number of amides is 2. The van der Waals surface area contributed by atoms with Gasteiger partial charge in [-0.15, -0.1) is 0 Å². The van der Waals surface area contributed by atoms with E-state index in [-0.39, 0.29) is 17.5 Å². The minimum absolute atomic E-state index is 0.0504. The highest BCUT2D eigenvalue weighted by atomic mass is 16.6. The summed E-state index contributed by atoms with van der Waals surface area (Å²) in [7, 11) is 0. The van der Waals surface area contributed by atoms with E-state index in [4.69, 9.17) is 0 Å². The highest BCUT2D eigenvalue weighted by molar-refractivity contribution is 6.24. The van der Waals surface area contributed by atoms with E-state index in [1.165, 1.54) is 49.1 Å². The largest absolute Gasteiger partial charge is 0.391 e. The number of non-ortho nitro benzene ring substituents is 1. The summed E-state index contributed by atoms with van der Waals surface area (Å²) < 4.78 is 0. The molecule has 1 saturated heterocycles. The summed E-state index contributed by atoms with van der Waals surface area (Å²) in [5.41, 5.74) is 4.18. The Morgan fingerprint density at radius 3 is 2.18 bits per heavy atom. The van der Waals surface area contributed by atoms with Gasteiger partial charge in [-0.05, 0) is 30.7 Å². The van der Waals surface area contributed by atoms with Crippen molar-refractivity contribution in [3.05, 3.63) is 76.9 Å². The molecule has 1 fully saturated rings. The molecule has 208 valence electrons. The second-order valence-electron chi connectivity index (χ2n) is 10.3. The molecule has 0 radical (unpaired) electrons. The first-order valence-corrected chi connectivity index (χ1v) is 14.0. The van der Waals surface area contributed by atoms with E-state index in [9.17, 15) is 24.8 Å². The number of imide groups is 1. The zero-order valence-electron chi connectivity index (χ0n) is 22.4. The number of nitro groups is 1. The van der Waals surface area contributed by atoms with E-state index in [0.29, 0.717) is 17.8 Å². The third-order valence-corrected chi connectivity index (χ3v) is 7.55. The lowest BCUT2D eigenvalue weighted by Crippen LogP contribution is -2.57. The number of anilines is 2. The van der Waals surface area contributed by atoms with Gasteiger partial charge in [0.15, 0.2) is 0 Å². The first kappa shape index (κ1) is 28.4. The van der Waals surface area contributed by atoms with Crippen LogP contribution < -0.4 is 10.3 Å². The van der Waals surface area contributed by atoms with Crippen LogP contribution in [0.3, 0.4) is 0 Å². The first-order valence-electron chi connectivity index (χ1n) is 14.0. The molecule has 2 aromatic rings. The van der Waals surface area contributed by atoms with Crippen molar-refractivity contribution < 1.29 is 19.6 Å². The van der Waals surface area contributed by atoms with Crippen molar-refractivity contribution in [2.75, 3.05) is 10.3 Å². The van der Waals surface area contributed by atoms with Crippen LogP contribution in [-0.2, 0) is 9.59 Å². The summed E-state index contributed by atoms with van der Waals surface area (Å²) in [5, 5.41) is 24.0. The highest BCUT2D eigenvalue weighted by Crippen LogP contribution is 2.36. The number of rotatable bonds is 14. The summed E-state index contributed by atoms with van der Waals surface area (Å²) in [6.07, 6.45) is 12.6. The number of nitrogens with one attached hydrogen (secondary N) is 1. The van der Waals surface area contributed by atoms with E-state index < -0.39 is 29.0 Å². The molecule has 2 amide bonds. The third-order valence-electron chi connectivity index (χ3n) is 7.55. The van der Waals surface area contributed by atoms with Crippen LogP contribution in [0.25, 0.3) is 0 Å². The molecule has 1 unspecified atom stereocenters. The van der Waals surface area contributed by atoms with Crippen LogP contribution in [0.15, 0.2) is 66.7 Å². The molecule has 2 heterocycles. The number of benzene rings is 2. The lowest BCUT2D eigenvalue weighted by atomic mass is 9.91. The summed E-state index contributed by atoms with van der Waals surface area (Å²) in [4.78, 5) is 38.9. The summed E-state index contributed by atoms with van der Waals surface area (Å²) in [6.45, 7) is 2.21. The molecule has 0 saturated carbocycles. The summed E-state index contributed by atoms with van der Waals surface area (Å²) >= 11 is 0. The Morgan fingerprint density at radius 1 is 0.897 bits per heavy atom. The lowest BCUT2D eigenvalue weighted by molar-refractivity contribution is -0.384. The van der Waals surface area contributed by atoms with Crippen molar-refractivity contribution in [2.24, 2.45) is 5.92 Å². The van der Waals surface area contributed by atoms with Gasteiger partial charge >= 0.3 is 0 Å². The normalized spacial score (nSPS) is 21.7. The van der Waals surface area contributed by atoms with Gasteiger partial charge < -0.3 is 10.5 Å². The predicted molar refractivity (Wildman–Crippen MR) is 151 cm³/mol. The molecule has 4 atom stereocenters. The number of hydrogen-bond acceptors (Lipinski definition) is 7. The number of nitro benzene ring substituents is 1. The number of hydrogen-bond donors (Lipinski definition) is 2. The molecule has 0 spiro atoms. The molecule has 2 aliphatic heterocycles. The number of nitrogens with zero attached hydrogens (tertiary/aromatic N) is 3. The molecule has 4 rings (SSSR count). The first-order chi connectivity index (χ1) is 18.9. The minimum Gasteiger partial charge on any atom is -0.391 e. The quantitative estimate of drug-likeness (QED) is 0.106. The molecule has 2 N–H and O–H groups in total. The molecule has 39 heavy (non-hydrogen) atoms. The van der Waals surface area contributed by atoms with Crippen LogP contribution in [0.2, 0.25) is 0 Å². The molecular formula is C30H38N4O5. The van der Waals surface area contributed by atoms with Gasteiger partial charge in [-0.2, -0.15) is 0 Å². The number of hydrazine groups is 1. The van der Waals surface area contributed by atoms with Gasteiger partial charge in [0, 0.05) is 17.8 Å².